The first-order chi connectivity index (χ1) is 10.5. The van der Waals surface area contributed by atoms with Gasteiger partial charge in [0, 0.05) is 25.1 Å². The first-order valence-electron chi connectivity index (χ1n) is 7.50. The van der Waals surface area contributed by atoms with Crippen molar-refractivity contribution >= 4 is 12.0 Å². The van der Waals surface area contributed by atoms with Crippen LogP contribution in [0.3, 0.4) is 0 Å². The van der Waals surface area contributed by atoms with Crippen molar-refractivity contribution in [3.8, 4) is 5.75 Å². The number of nitrogens with zero attached hydrogens (tertiary/aromatic N) is 1. The summed E-state index contributed by atoms with van der Waals surface area (Å²) in [6, 6.07) is 7.38. The van der Waals surface area contributed by atoms with E-state index < -0.39 is 11.4 Å². The number of carboxylic acid groups (broad SMARTS) is 1. The van der Waals surface area contributed by atoms with Gasteiger partial charge in [0.2, 0.25) is 0 Å². The van der Waals surface area contributed by atoms with Gasteiger partial charge in [-0.2, -0.15) is 0 Å². The normalized spacial score (nSPS) is 27.0. The molecule has 6 heteroatoms. The van der Waals surface area contributed by atoms with Crippen molar-refractivity contribution in [2.45, 2.75) is 25.8 Å². The Hall–Kier alpha value is -2.24. The molecule has 0 aliphatic carbocycles. The van der Waals surface area contributed by atoms with E-state index in [4.69, 9.17) is 4.74 Å². The summed E-state index contributed by atoms with van der Waals surface area (Å²) in [5.74, 6) is -0.0462. The number of hydrogen-bond acceptors (Lipinski definition) is 3. The molecule has 0 saturated carbocycles. The number of carbonyl (C=O) groups is 2. The maximum absolute atomic E-state index is 12.4. The van der Waals surface area contributed by atoms with E-state index >= 15 is 0 Å². The summed E-state index contributed by atoms with van der Waals surface area (Å²) in [4.78, 5) is 25.3. The molecular weight excluding hydrogens is 284 g/mol. The zero-order valence-corrected chi connectivity index (χ0v) is 12.5. The molecule has 1 fully saturated rings. The van der Waals surface area contributed by atoms with Crippen molar-refractivity contribution in [2.75, 3.05) is 19.7 Å². The maximum Gasteiger partial charge on any atom is 0.317 e. The number of carboxylic acids is 1. The molecule has 0 bridgehead atoms. The quantitative estimate of drug-likeness (QED) is 0.876. The lowest BCUT2D eigenvalue weighted by Gasteiger charge is -2.29. The van der Waals surface area contributed by atoms with Crippen molar-refractivity contribution in [1.82, 2.24) is 10.2 Å². The van der Waals surface area contributed by atoms with E-state index in [0.717, 1.165) is 11.3 Å². The van der Waals surface area contributed by atoms with E-state index in [1.54, 1.807) is 11.8 Å². The van der Waals surface area contributed by atoms with Gasteiger partial charge in [-0.05, 0) is 19.4 Å². The van der Waals surface area contributed by atoms with Gasteiger partial charge in [0.05, 0.1) is 18.1 Å². The van der Waals surface area contributed by atoms with Gasteiger partial charge in [0.25, 0.3) is 0 Å². The first-order valence-corrected chi connectivity index (χ1v) is 7.50. The Morgan fingerprint density at radius 3 is 2.91 bits per heavy atom. The second kappa shape index (κ2) is 5.51. The van der Waals surface area contributed by atoms with Crippen molar-refractivity contribution < 1.29 is 19.4 Å². The summed E-state index contributed by atoms with van der Waals surface area (Å²) in [5, 5.41) is 12.3. The second-order valence-corrected chi connectivity index (χ2v) is 6.21. The highest BCUT2D eigenvalue weighted by molar-refractivity contribution is 5.79. The van der Waals surface area contributed by atoms with Gasteiger partial charge in [-0.25, -0.2) is 4.79 Å². The summed E-state index contributed by atoms with van der Waals surface area (Å²) < 4.78 is 5.58. The fraction of sp³-hybridized carbons (Fsp3) is 0.500. The molecule has 3 rings (SSSR count). The Balaban J connectivity index is 1.68. The van der Waals surface area contributed by atoms with Crippen LogP contribution in [0.25, 0.3) is 0 Å². The lowest BCUT2D eigenvalue weighted by molar-refractivity contribution is -0.146. The monoisotopic (exact) mass is 304 g/mol. The van der Waals surface area contributed by atoms with Crippen LogP contribution in [-0.4, -0.2) is 41.7 Å². The van der Waals surface area contributed by atoms with Crippen LogP contribution in [-0.2, 0) is 4.79 Å². The standard InChI is InChI=1S/C16H20N2O4/c1-16(14(19)20)7-8-18(10-16)15(21)17-12-6-9-22-13-5-3-2-4-11(12)13/h2-5,12H,6-10H2,1H3,(H,17,21)(H,19,20). The molecule has 0 spiro atoms. The third kappa shape index (κ3) is 2.61. The number of benzene rings is 1. The third-order valence-corrected chi connectivity index (χ3v) is 4.53. The molecule has 0 aromatic heterocycles. The van der Waals surface area contributed by atoms with Gasteiger partial charge in [-0.15, -0.1) is 0 Å². The van der Waals surface area contributed by atoms with Crippen LogP contribution in [0, 0.1) is 5.41 Å². The van der Waals surface area contributed by atoms with E-state index in [9.17, 15) is 14.7 Å². The number of rotatable bonds is 2. The molecular formula is C16H20N2O4. The van der Waals surface area contributed by atoms with Crippen LogP contribution >= 0.6 is 0 Å². The van der Waals surface area contributed by atoms with E-state index in [1.165, 1.54) is 0 Å². The third-order valence-electron chi connectivity index (χ3n) is 4.53. The number of amides is 2. The Bertz CT molecular complexity index is 604. The average molecular weight is 304 g/mol. The fourth-order valence-electron chi connectivity index (χ4n) is 3.04. The molecule has 1 saturated heterocycles. The highest BCUT2D eigenvalue weighted by Gasteiger charge is 2.42. The lowest BCUT2D eigenvalue weighted by Crippen LogP contribution is -2.43. The van der Waals surface area contributed by atoms with Crippen LogP contribution < -0.4 is 10.1 Å². The minimum Gasteiger partial charge on any atom is -0.493 e. The minimum atomic E-state index is -0.848. The number of ether oxygens (including phenoxy) is 1. The van der Waals surface area contributed by atoms with Crippen LogP contribution in [0.5, 0.6) is 5.75 Å². The molecule has 2 atom stereocenters. The summed E-state index contributed by atoms with van der Waals surface area (Å²) in [6.45, 7) is 2.97. The molecule has 2 amide bonds. The zero-order chi connectivity index (χ0) is 15.7. The number of para-hydroxylation sites is 1. The van der Waals surface area contributed by atoms with Crippen LogP contribution in [0.2, 0.25) is 0 Å². The maximum atomic E-state index is 12.4. The molecule has 2 heterocycles. The molecule has 118 valence electrons. The predicted molar refractivity (Wildman–Crippen MR) is 79.8 cm³/mol. The summed E-state index contributed by atoms with van der Waals surface area (Å²) in [6.07, 6.45) is 1.20. The average Bonchev–Trinajstić information content (AvgIpc) is 2.92. The van der Waals surface area contributed by atoms with E-state index in [0.29, 0.717) is 26.0 Å². The van der Waals surface area contributed by atoms with Crippen LogP contribution in [0.4, 0.5) is 4.79 Å². The van der Waals surface area contributed by atoms with Gasteiger partial charge in [0.15, 0.2) is 0 Å². The molecule has 1 aromatic carbocycles. The molecule has 0 radical (unpaired) electrons. The van der Waals surface area contributed by atoms with E-state index in [1.807, 2.05) is 24.3 Å². The molecule has 2 N–H and O–H groups in total. The molecule has 2 unspecified atom stereocenters. The highest BCUT2D eigenvalue weighted by atomic mass is 16.5. The number of likely N-dealkylation sites (tertiary alicyclic amines) is 1. The second-order valence-electron chi connectivity index (χ2n) is 6.21. The summed E-state index contributed by atoms with van der Waals surface area (Å²) >= 11 is 0. The Morgan fingerprint density at radius 1 is 1.41 bits per heavy atom. The zero-order valence-electron chi connectivity index (χ0n) is 12.5. The van der Waals surface area contributed by atoms with Crippen LogP contribution in [0.1, 0.15) is 31.4 Å². The summed E-state index contributed by atoms with van der Waals surface area (Å²) in [7, 11) is 0. The Morgan fingerprint density at radius 2 is 2.18 bits per heavy atom. The Labute approximate surface area is 129 Å². The largest absolute Gasteiger partial charge is 0.493 e. The minimum absolute atomic E-state index is 0.0888. The number of carbonyl (C=O) groups excluding carboxylic acids is 1. The number of urea groups is 1. The van der Waals surface area contributed by atoms with Crippen LogP contribution in [0.15, 0.2) is 24.3 Å². The highest BCUT2D eigenvalue weighted by Crippen LogP contribution is 2.33. The van der Waals surface area contributed by atoms with Crippen molar-refractivity contribution in [2.24, 2.45) is 5.41 Å². The Kier molecular flexibility index (Phi) is 3.68. The number of nitrogens with one attached hydrogen (secondary N) is 1. The SMILES string of the molecule is CC1(C(=O)O)CCN(C(=O)NC2CCOc3ccccc32)C1. The van der Waals surface area contributed by atoms with Gasteiger partial charge < -0.3 is 20.1 Å². The molecule has 6 nitrogen and oxygen atoms in total. The lowest BCUT2D eigenvalue weighted by atomic mass is 9.90. The molecule has 2 aliphatic rings. The molecule has 1 aromatic rings. The topological polar surface area (TPSA) is 78.9 Å². The number of aliphatic carboxylic acids is 1. The molecule has 22 heavy (non-hydrogen) atoms. The van der Waals surface area contributed by atoms with Crippen molar-refractivity contribution in [3.63, 3.8) is 0 Å². The first kappa shape index (κ1) is 14.7. The number of fused-ring (bicyclic) bond motifs is 1. The summed E-state index contributed by atoms with van der Waals surface area (Å²) in [5.41, 5.74) is 0.132. The van der Waals surface area contributed by atoms with Gasteiger partial charge in [-0.1, -0.05) is 18.2 Å². The van der Waals surface area contributed by atoms with Gasteiger partial charge in [-0.3, -0.25) is 4.79 Å². The van der Waals surface area contributed by atoms with Gasteiger partial charge >= 0.3 is 12.0 Å². The van der Waals surface area contributed by atoms with E-state index in [-0.39, 0.29) is 18.6 Å². The predicted octanol–water partition coefficient (Wildman–Crippen LogP) is 2.02. The smallest absolute Gasteiger partial charge is 0.317 e. The molecule has 2 aliphatic heterocycles. The van der Waals surface area contributed by atoms with E-state index in [2.05, 4.69) is 5.32 Å². The fourth-order valence-corrected chi connectivity index (χ4v) is 3.04. The van der Waals surface area contributed by atoms with Gasteiger partial charge in [0.1, 0.15) is 5.75 Å². The van der Waals surface area contributed by atoms with Crippen molar-refractivity contribution in [3.05, 3.63) is 29.8 Å². The number of hydrogen-bond donors (Lipinski definition) is 2. The van der Waals surface area contributed by atoms with Crippen molar-refractivity contribution in [1.29, 1.82) is 0 Å².